The first-order valence-electron chi connectivity index (χ1n) is 20.3. The van der Waals surface area contributed by atoms with Crippen molar-refractivity contribution in [1.29, 1.82) is 0 Å². The van der Waals surface area contributed by atoms with E-state index < -0.39 is 41.1 Å². The summed E-state index contributed by atoms with van der Waals surface area (Å²) >= 11 is 0. The van der Waals surface area contributed by atoms with Crippen LogP contribution >= 0.6 is 0 Å². The number of aliphatic hydroxyl groups excluding tert-OH is 1. The minimum absolute atomic E-state index is 0.000288. The molecule has 17 heteroatoms. The Labute approximate surface area is 357 Å². The molecule has 0 aromatic heterocycles. The molecule has 4 aromatic carbocycles. The largest absolute Gasteiger partial charge is 0.493 e. The molecule has 0 radical (unpaired) electrons. The number of nitrogens with zero attached hydrogens (tertiary/aromatic N) is 3. The minimum Gasteiger partial charge on any atom is -0.493 e. The van der Waals surface area contributed by atoms with Crippen LogP contribution in [0.1, 0.15) is 88.4 Å². The van der Waals surface area contributed by atoms with Crippen LogP contribution in [0, 0.1) is 10.1 Å². The van der Waals surface area contributed by atoms with E-state index in [2.05, 4.69) is 10.6 Å². The van der Waals surface area contributed by atoms with E-state index in [-0.39, 0.29) is 89.8 Å². The lowest BCUT2D eigenvalue weighted by molar-refractivity contribution is -0.385. The Bertz CT molecular complexity index is 2360. The number of anilines is 1. The molecule has 17 nitrogen and oxygen atoms in total. The highest BCUT2D eigenvalue weighted by molar-refractivity contribution is 6.07. The number of ether oxygens (including phenoxy) is 4. The number of hydrogen-bond donors (Lipinski definition) is 3. The Kier molecular flexibility index (Phi) is 13.0. The second-order valence-corrected chi connectivity index (χ2v) is 15.2. The Morgan fingerprint density at radius 2 is 1.63 bits per heavy atom. The van der Waals surface area contributed by atoms with E-state index in [9.17, 15) is 39.2 Å². The summed E-state index contributed by atoms with van der Waals surface area (Å²) in [7, 11) is 2.89. The molecule has 1 unspecified atom stereocenters. The summed E-state index contributed by atoms with van der Waals surface area (Å²) in [6.45, 7) is 1.68. The average Bonchev–Trinajstić information content (AvgIpc) is 3.88. The third-order valence-corrected chi connectivity index (χ3v) is 11.5. The van der Waals surface area contributed by atoms with Crippen molar-refractivity contribution in [2.45, 2.75) is 63.3 Å². The smallest absolute Gasteiger partial charge is 0.416 e. The van der Waals surface area contributed by atoms with Gasteiger partial charge in [0.25, 0.3) is 11.6 Å². The quantitative estimate of drug-likeness (QED) is 0.0539. The van der Waals surface area contributed by atoms with Gasteiger partial charge in [-0.15, -0.1) is 0 Å². The summed E-state index contributed by atoms with van der Waals surface area (Å²) in [5.74, 6) is -1.22. The van der Waals surface area contributed by atoms with E-state index in [4.69, 9.17) is 18.9 Å². The number of amides is 4. The molecule has 4 amide bonds. The number of hydrogen-bond acceptors (Lipinski definition) is 12. The first kappa shape index (κ1) is 43.1. The lowest BCUT2D eigenvalue weighted by atomic mass is 9.98. The lowest BCUT2D eigenvalue weighted by Gasteiger charge is -2.32. The number of fused-ring (bicyclic) bond motifs is 5. The second-order valence-electron chi connectivity index (χ2n) is 15.2. The Morgan fingerprint density at radius 3 is 2.29 bits per heavy atom. The fourth-order valence-corrected chi connectivity index (χ4v) is 8.39. The van der Waals surface area contributed by atoms with Gasteiger partial charge in [0.15, 0.2) is 24.0 Å². The van der Waals surface area contributed by atoms with Gasteiger partial charge in [-0.1, -0.05) is 48.5 Å². The number of nitrogens with one attached hydrogen (secondary N) is 2. The van der Waals surface area contributed by atoms with E-state index in [0.717, 1.165) is 27.2 Å². The van der Waals surface area contributed by atoms with E-state index in [1.165, 1.54) is 43.3 Å². The maximum absolute atomic E-state index is 14.2. The molecule has 62 heavy (non-hydrogen) atoms. The molecule has 2 heterocycles. The average molecular weight is 850 g/mol. The van der Waals surface area contributed by atoms with Gasteiger partial charge in [0, 0.05) is 32.0 Å². The summed E-state index contributed by atoms with van der Waals surface area (Å²) in [6, 6.07) is 19.4. The second kappa shape index (κ2) is 18.7. The zero-order valence-corrected chi connectivity index (χ0v) is 34.5. The van der Waals surface area contributed by atoms with Crippen molar-refractivity contribution in [2.24, 2.45) is 0 Å². The van der Waals surface area contributed by atoms with Crippen LogP contribution in [0.25, 0.3) is 11.1 Å². The standard InChI is InChI=1S/C45H47N5O12/c1-26(32-21-39(59-3)40(23-37(32)50(57)58)60-18-9-15-41(52)46-2)47-42(53)16-19-61-38-22-36-33(20-27(38)24-51)43(54)48-17-8-14-35(48)44(55)49(36)45(56)62-25-34-30-12-6-4-10-28(30)29-11-5-7-13-31(29)34/h4-7,10-13,20-24,26,34-35,44,55H,8-9,14-19,25H2,1-3H3,(H,46,52)(H,47,53)/t26?,35-,44-/m0/s1. The van der Waals surface area contributed by atoms with Gasteiger partial charge < -0.3 is 39.6 Å². The highest BCUT2D eigenvalue weighted by atomic mass is 16.6. The van der Waals surface area contributed by atoms with Crippen LogP contribution in [-0.2, 0) is 14.3 Å². The Balaban J connectivity index is 1.07. The molecule has 7 rings (SSSR count). The van der Waals surface area contributed by atoms with Crippen LogP contribution in [-0.4, -0.2) is 97.8 Å². The molecule has 1 saturated heterocycles. The number of aldehydes is 1. The van der Waals surface area contributed by atoms with Gasteiger partial charge in [0.2, 0.25) is 11.8 Å². The maximum Gasteiger partial charge on any atom is 0.416 e. The van der Waals surface area contributed by atoms with Gasteiger partial charge in [-0.25, -0.2) is 9.69 Å². The van der Waals surface area contributed by atoms with E-state index in [1.807, 2.05) is 48.5 Å². The fourth-order valence-electron chi connectivity index (χ4n) is 8.39. The highest BCUT2D eigenvalue weighted by Crippen LogP contribution is 2.45. The zero-order chi connectivity index (χ0) is 44.1. The molecule has 0 spiro atoms. The topological polar surface area (TPSA) is 216 Å². The van der Waals surface area contributed by atoms with Gasteiger partial charge >= 0.3 is 6.09 Å². The third-order valence-electron chi connectivity index (χ3n) is 11.5. The van der Waals surface area contributed by atoms with Crippen LogP contribution < -0.4 is 29.7 Å². The number of aliphatic hydroxyl groups is 1. The van der Waals surface area contributed by atoms with E-state index in [0.29, 0.717) is 32.1 Å². The normalized spacial score (nSPS) is 16.8. The van der Waals surface area contributed by atoms with Crippen molar-refractivity contribution in [2.75, 3.05) is 45.4 Å². The Hall–Kier alpha value is -7.01. The van der Waals surface area contributed by atoms with Crippen molar-refractivity contribution in [3.8, 4) is 28.4 Å². The molecule has 3 N–H and O–H groups in total. The predicted molar refractivity (Wildman–Crippen MR) is 225 cm³/mol. The first-order chi connectivity index (χ1) is 29.9. The molecular formula is C45H47N5O12. The number of benzene rings is 4. The summed E-state index contributed by atoms with van der Waals surface area (Å²) in [4.78, 5) is 79.3. The highest BCUT2D eigenvalue weighted by Gasteiger charge is 2.45. The molecule has 1 aliphatic carbocycles. The predicted octanol–water partition coefficient (Wildman–Crippen LogP) is 5.66. The van der Waals surface area contributed by atoms with Crippen LogP contribution in [0.15, 0.2) is 72.8 Å². The summed E-state index contributed by atoms with van der Waals surface area (Å²) in [5.41, 5.74) is 3.84. The molecule has 0 saturated carbocycles. The van der Waals surface area contributed by atoms with Gasteiger partial charge in [-0.05, 0) is 60.6 Å². The molecule has 2 aliphatic heterocycles. The first-order valence-corrected chi connectivity index (χ1v) is 20.3. The van der Waals surface area contributed by atoms with Gasteiger partial charge in [0.1, 0.15) is 12.4 Å². The van der Waals surface area contributed by atoms with Crippen LogP contribution in [0.2, 0.25) is 0 Å². The van der Waals surface area contributed by atoms with Crippen LogP contribution in [0.5, 0.6) is 17.2 Å². The fraction of sp³-hybridized carbons (Fsp3) is 0.356. The number of nitro benzene ring substituents is 1. The minimum atomic E-state index is -1.49. The lowest BCUT2D eigenvalue weighted by Crippen LogP contribution is -2.51. The van der Waals surface area contributed by atoms with Crippen LogP contribution in [0.3, 0.4) is 0 Å². The maximum atomic E-state index is 14.2. The van der Waals surface area contributed by atoms with E-state index in [1.54, 1.807) is 6.92 Å². The van der Waals surface area contributed by atoms with Gasteiger partial charge in [-0.3, -0.25) is 29.3 Å². The number of carbonyl (C=O) groups excluding carboxylic acids is 5. The molecular weight excluding hydrogens is 803 g/mol. The number of rotatable bonds is 16. The molecule has 324 valence electrons. The van der Waals surface area contributed by atoms with Crippen molar-refractivity contribution in [1.82, 2.24) is 15.5 Å². The molecule has 4 aromatic rings. The van der Waals surface area contributed by atoms with Crippen LogP contribution in [0.4, 0.5) is 16.2 Å². The number of methoxy groups -OCH3 is 1. The van der Waals surface area contributed by atoms with Crippen molar-refractivity contribution >= 4 is 41.5 Å². The summed E-state index contributed by atoms with van der Waals surface area (Å²) in [5, 5.41) is 29.1. The van der Waals surface area contributed by atoms with Gasteiger partial charge in [0.05, 0.1) is 72.2 Å². The Morgan fingerprint density at radius 1 is 0.935 bits per heavy atom. The summed E-state index contributed by atoms with van der Waals surface area (Å²) < 4.78 is 23.0. The van der Waals surface area contributed by atoms with Crippen molar-refractivity contribution < 1.29 is 52.9 Å². The molecule has 3 atom stereocenters. The molecule has 0 bridgehead atoms. The zero-order valence-electron chi connectivity index (χ0n) is 34.5. The summed E-state index contributed by atoms with van der Waals surface area (Å²) in [6.07, 6.45) is -0.549. The van der Waals surface area contributed by atoms with Crippen molar-refractivity contribution in [3.63, 3.8) is 0 Å². The number of nitro groups is 1. The molecule has 3 aliphatic rings. The molecule has 1 fully saturated rings. The SMILES string of the molecule is CNC(=O)CCCOc1cc([N+](=O)[O-])c(C(C)NC(=O)CCOc2cc3c(cc2C=O)C(=O)N2CCC[C@H]2[C@H](O)N3C(=O)OCC2c3ccccc3-c3ccccc32)cc1OC. The number of carbonyl (C=O) groups is 5. The van der Waals surface area contributed by atoms with Crippen molar-refractivity contribution in [3.05, 3.63) is 111 Å². The monoisotopic (exact) mass is 849 g/mol. The van der Waals surface area contributed by atoms with Gasteiger partial charge in [-0.2, -0.15) is 0 Å². The van der Waals surface area contributed by atoms with E-state index >= 15 is 0 Å². The third kappa shape index (κ3) is 8.61.